The van der Waals surface area contributed by atoms with Crippen molar-refractivity contribution in [2.24, 2.45) is 0 Å². The van der Waals surface area contributed by atoms with Gasteiger partial charge in [0.05, 0.1) is 11.1 Å². The first-order valence-electron chi connectivity index (χ1n) is 7.36. The smallest absolute Gasteiger partial charge is 0.255 e. The Balaban J connectivity index is 1.97. The highest BCUT2D eigenvalue weighted by molar-refractivity contribution is 6.07. The predicted molar refractivity (Wildman–Crippen MR) is 84.6 cm³/mol. The number of aromatic nitrogens is 1. The number of hydrogen-bond donors (Lipinski definition) is 0. The lowest BCUT2D eigenvalue weighted by atomic mass is 10.1. The third-order valence-electron chi connectivity index (χ3n) is 4.32. The van der Waals surface area contributed by atoms with E-state index in [0.29, 0.717) is 18.5 Å². The topological polar surface area (TPSA) is 53.5 Å². The van der Waals surface area contributed by atoms with Crippen LogP contribution in [0.25, 0.3) is 10.9 Å². The number of pyridine rings is 1. The van der Waals surface area contributed by atoms with Gasteiger partial charge in [-0.3, -0.25) is 14.6 Å². The lowest BCUT2D eigenvalue weighted by Crippen LogP contribution is -2.42. The van der Waals surface area contributed by atoms with Crippen LogP contribution in [0.15, 0.2) is 30.5 Å². The second kappa shape index (κ2) is 5.40. The molecule has 1 unspecified atom stereocenters. The van der Waals surface area contributed by atoms with Gasteiger partial charge in [-0.1, -0.05) is 12.1 Å². The number of carbonyl (C=O) groups is 2. The zero-order valence-corrected chi connectivity index (χ0v) is 13.0. The van der Waals surface area contributed by atoms with E-state index in [1.54, 1.807) is 36.2 Å². The normalized spacial score (nSPS) is 18.0. The SMILES string of the molecule is Cc1ccc2c(C(=O)N(C)C3CCN(C)C3=O)ccnc2c1. The van der Waals surface area contributed by atoms with Gasteiger partial charge < -0.3 is 9.80 Å². The molecule has 114 valence electrons. The molecule has 1 aliphatic rings. The highest BCUT2D eigenvalue weighted by Gasteiger charge is 2.35. The minimum absolute atomic E-state index is 0.00468. The van der Waals surface area contributed by atoms with Gasteiger partial charge in [-0.05, 0) is 31.0 Å². The molecule has 2 amide bonds. The van der Waals surface area contributed by atoms with Crippen molar-refractivity contribution in [2.45, 2.75) is 19.4 Å². The second-order valence-electron chi connectivity index (χ2n) is 5.86. The molecule has 2 heterocycles. The summed E-state index contributed by atoms with van der Waals surface area (Å²) in [7, 11) is 3.47. The maximum atomic E-state index is 12.8. The van der Waals surface area contributed by atoms with Crippen LogP contribution in [0, 0.1) is 6.92 Å². The van der Waals surface area contributed by atoms with Gasteiger partial charge in [-0.2, -0.15) is 0 Å². The maximum Gasteiger partial charge on any atom is 0.255 e. The Morgan fingerprint density at radius 1 is 1.36 bits per heavy atom. The molecule has 3 rings (SSSR count). The minimum atomic E-state index is -0.369. The van der Waals surface area contributed by atoms with E-state index in [2.05, 4.69) is 4.98 Å². The van der Waals surface area contributed by atoms with Crippen molar-refractivity contribution in [3.8, 4) is 0 Å². The summed E-state index contributed by atoms with van der Waals surface area (Å²) in [5.41, 5.74) is 2.49. The predicted octanol–water partition coefficient (Wildman–Crippen LogP) is 1.85. The summed E-state index contributed by atoms with van der Waals surface area (Å²) in [6.45, 7) is 2.69. The zero-order valence-electron chi connectivity index (χ0n) is 13.0. The summed E-state index contributed by atoms with van der Waals surface area (Å²) in [5, 5.41) is 0.823. The molecule has 5 heteroatoms. The van der Waals surface area contributed by atoms with Crippen molar-refractivity contribution in [1.29, 1.82) is 0 Å². The van der Waals surface area contributed by atoms with Crippen LogP contribution < -0.4 is 0 Å². The van der Waals surface area contributed by atoms with Crippen molar-refractivity contribution in [1.82, 2.24) is 14.8 Å². The van der Waals surface area contributed by atoms with Crippen LogP contribution >= 0.6 is 0 Å². The molecular formula is C17H19N3O2. The highest BCUT2D eigenvalue weighted by atomic mass is 16.2. The number of hydrogen-bond acceptors (Lipinski definition) is 3. The summed E-state index contributed by atoms with van der Waals surface area (Å²) in [6.07, 6.45) is 2.32. The molecule has 5 nitrogen and oxygen atoms in total. The first-order chi connectivity index (χ1) is 10.5. The Kier molecular flexibility index (Phi) is 3.56. The standard InChI is InChI=1S/C17H19N3O2/c1-11-4-5-12-13(6-8-18-14(12)10-11)16(21)20(3)15-7-9-19(2)17(15)22/h4-6,8,10,15H,7,9H2,1-3H3. The van der Waals surface area contributed by atoms with E-state index in [4.69, 9.17) is 0 Å². The first-order valence-corrected chi connectivity index (χ1v) is 7.36. The van der Waals surface area contributed by atoms with Crippen molar-refractivity contribution < 1.29 is 9.59 Å². The van der Waals surface area contributed by atoms with Gasteiger partial charge >= 0.3 is 0 Å². The van der Waals surface area contributed by atoms with E-state index in [-0.39, 0.29) is 17.9 Å². The van der Waals surface area contributed by atoms with Crippen LogP contribution in [0.5, 0.6) is 0 Å². The van der Waals surface area contributed by atoms with Crippen molar-refractivity contribution in [3.05, 3.63) is 41.6 Å². The van der Waals surface area contributed by atoms with Crippen molar-refractivity contribution in [3.63, 3.8) is 0 Å². The van der Waals surface area contributed by atoms with Gasteiger partial charge in [0.1, 0.15) is 6.04 Å². The molecule has 1 saturated heterocycles. The lowest BCUT2D eigenvalue weighted by Gasteiger charge is -2.23. The summed E-state index contributed by atoms with van der Waals surface area (Å²) in [4.78, 5) is 32.5. The van der Waals surface area contributed by atoms with Gasteiger partial charge in [0.25, 0.3) is 5.91 Å². The van der Waals surface area contributed by atoms with Gasteiger partial charge in [0.2, 0.25) is 5.91 Å². The molecule has 2 aromatic rings. The summed E-state index contributed by atoms with van der Waals surface area (Å²) in [6, 6.07) is 7.20. The van der Waals surface area contributed by atoms with Gasteiger partial charge in [0, 0.05) is 32.2 Å². The van der Waals surface area contributed by atoms with Crippen molar-refractivity contribution >= 4 is 22.7 Å². The Morgan fingerprint density at radius 2 is 2.14 bits per heavy atom. The number of amides is 2. The van der Waals surface area contributed by atoms with E-state index >= 15 is 0 Å². The molecule has 0 spiro atoms. The molecule has 1 aliphatic heterocycles. The van der Waals surface area contributed by atoms with Crippen LogP contribution in [0.3, 0.4) is 0 Å². The van der Waals surface area contributed by atoms with E-state index in [1.807, 2.05) is 25.1 Å². The Labute approximate surface area is 129 Å². The minimum Gasteiger partial charge on any atom is -0.344 e. The Morgan fingerprint density at radius 3 is 2.82 bits per heavy atom. The third kappa shape index (κ3) is 2.32. The molecule has 0 aliphatic carbocycles. The summed E-state index contributed by atoms with van der Waals surface area (Å²) < 4.78 is 0. The lowest BCUT2D eigenvalue weighted by molar-refractivity contribution is -0.130. The van der Waals surface area contributed by atoms with Crippen LogP contribution in [-0.2, 0) is 4.79 Å². The molecule has 1 fully saturated rings. The summed E-state index contributed by atoms with van der Waals surface area (Å²) in [5.74, 6) is -0.130. The molecule has 0 saturated carbocycles. The fraction of sp³-hybridized carbons (Fsp3) is 0.353. The molecule has 1 aromatic heterocycles. The quantitative estimate of drug-likeness (QED) is 0.850. The zero-order chi connectivity index (χ0) is 15.9. The van der Waals surface area contributed by atoms with E-state index in [0.717, 1.165) is 16.5 Å². The Bertz CT molecular complexity index is 757. The van der Waals surface area contributed by atoms with Crippen LogP contribution in [0.2, 0.25) is 0 Å². The average Bonchev–Trinajstić information content (AvgIpc) is 2.84. The molecule has 0 bridgehead atoms. The number of aryl methyl sites for hydroxylation is 1. The number of fused-ring (bicyclic) bond motifs is 1. The largest absolute Gasteiger partial charge is 0.344 e. The monoisotopic (exact) mass is 297 g/mol. The third-order valence-corrected chi connectivity index (χ3v) is 4.32. The van der Waals surface area contributed by atoms with Gasteiger partial charge in [-0.25, -0.2) is 0 Å². The molecule has 22 heavy (non-hydrogen) atoms. The molecule has 0 radical (unpaired) electrons. The maximum absolute atomic E-state index is 12.8. The average molecular weight is 297 g/mol. The van der Waals surface area contributed by atoms with E-state index in [1.165, 1.54) is 0 Å². The molecule has 1 atom stereocenters. The van der Waals surface area contributed by atoms with Crippen LogP contribution in [-0.4, -0.2) is 53.3 Å². The fourth-order valence-electron chi connectivity index (χ4n) is 2.94. The number of nitrogens with zero attached hydrogens (tertiary/aromatic N) is 3. The van der Waals surface area contributed by atoms with Gasteiger partial charge in [-0.15, -0.1) is 0 Å². The second-order valence-corrected chi connectivity index (χ2v) is 5.86. The number of carbonyl (C=O) groups excluding carboxylic acids is 2. The number of benzene rings is 1. The van der Waals surface area contributed by atoms with Crippen molar-refractivity contribution in [2.75, 3.05) is 20.6 Å². The number of rotatable bonds is 2. The molecule has 1 aromatic carbocycles. The highest BCUT2D eigenvalue weighted by Crippen LogP contribution is 2.22. The van der Waals surface area contributed by atoms with E-state index in [9.17, 15) is 9.59 Å². The Hall–Kier alpha value is -2.43. The van der Waals surface area contributed by atoms with Crippen LogP contribution in [0.4, 0.5) is 0 Å². The number of likely N-dealkylation sites (N-methyl/N-ethyl adjacent to an activating group) is 2. The first kappa shape index (κ1) is 14.5. The fourth-order valence-corrected chi connectivity index (χ4v) is 2.94. The van der Waals surface area contributed by atoms with Gasteiger partial charge in [0.15, 0.2) is 0 Å². The number of likely N-dealkylation sites (tertiary alicyclic amines) is 1. The van der Waals surface area contributed by atoms with Crippen LogP contribution in [0.1, 0.15) is 22.3 Å². The summed E-state index contributed by atoms with van der Waals surface area (Å²) >= 11 is 0. The molecule has 0 N–H and O–H groups in total. The van der Waals surface area contributed by atoms with E-state index < -0.39 is 0 Å². The molecular weight excluding hydrogens is 278 g/mol.